The zero-order valence-electron chi connectivity index (χ0n) is 8.33. The van der Waals surface area contributed by atoms with Gasteiger partial charge < -0.3 is 14.5 Å². The monoisotopic (exact) mass is 273 g/mol. The molecule has 1 saturated heterocycles. The van der Waals surface area contributed by atoms with Crippen molar-refractivity contribution in [3.63, 3.8) is 0 Å². The maximum absolute atomic E-state index is 11.5. The van der Waals surface area contributed by atoms with Crippen LogP contribution in [0.15, 0.2) is 21.2 Å². The smallest absolute Gasteiger partial charge is 0.310 e. The molecular formula is C10H12BrNO3. The largest absolute Gasteiger partial charge is 0.469 e. The van der Waals surface area contributed by atoms with Crippen molar-refractivity contribution in [2.24, 2.45) is 5.92 Å². The summed E-state index contributed by atoms with van der Waals surface area (Å²) in [5.41, 5.74) is 0. The van der Waals surface area contributed by atoms with E-state index in [4.69, 9.17) is 9.15 Å². The van der Waals surface area contributed by atoms with Crippen LogP contribution in [-0.2, 0) is 9.53 Å². The van der Waals surface area contributed by atoms with Crippen LogP contribution in [-0.4, -0.2) is 26.2 Å². The van der Waals surface area contributed by atoms with Crippen molar-refractivity contribution >= 4 is 21.9 Å². The number of nitrogens with one attached hydrogen (secondary N) is 1. The van der Waals surface area contributed by atoms with Gasteiger partial charge in [-0.3, -0.25) is 4.79 Å². The molecule has 0 amide bonds. The summed E-state index contributed by atoms with van der Waals surface area (Å²) in [6, 6.07) is 3.72. The molecule has 1 aromatic heterocycles. The molecule has 0 bridgehead atoms. The molecular weight excluding hydrogens is 262 g/mol. The zero-order valence-corrected chi connectivity index (χ0v) is 9.91. The first-order valence-electron chi connectivity index (χ1n) is 4.76. The lowest BCUT2D eigenvalue weighted by Gasteiger charge is -2.13. The van der Waals surface area contributed by atoms with E-state index in [0.29, 0.717) is 11.2 Å². The predicted molar refractivity (Wildman–Crippen MR) is 57.5 cm³/mol. The number of esters is 1. The van der Waals surface area contributed by atoms with Crippen LogP contribution in [0.1, 0.15) is 11.7 Å². The Morgan fingerprint density at radius 2 is 2.40 bits per heavy atom. The highest BCUT2D eigenvalue weighted by atomic mass is 79.9. The van der Waals surface area contributed by atoms with Gasteiger partial charge in [0.05, 0.1) is 13.0 Å². The standard InChI is InChI=1S/C10H12BrNO3/c1-14-10(13)7-5-12-4-6(7)8-2-3-9(11)15-8/h2-3,6-7,12H,4-5H2,1H3. The lowest BCUT2D eigenvalue weighted by Crippen LogP contribution is -2.22. The molecule has 0 aliphatic carbocycles. The topological polar surface area (TPSA) is 51.5 Å². The van der Waals surface area contributed by atoms with Gasteiger partial charge in [-0.2, -0.15) is 0 Å². The number of rotatable bonds is 2. The van der Waals surface area contributed by atoms with E-state index in [1.54, 1.807) is 0 Å². The summed E-state index contributed by atoms with van der Waals surface area (Å²) in [5, 5.41) is 3.17. The maximum Gasteiger partial charge on any atom is 0.310 e. The number of furan rings is 1. The van der Waals surface area contributed by atoms with Gasteiger partial charge in [0.25, 0.3) is 0 Å². The second kappa shape index (κ2) is 4.37. The molecule has 0 aromatic carbocycles. The summed E-state index contributed by atoms with van der Waals surface area (Å²) < 4.78 is 10.9. The maximum atomic E-state index is 11.5. The van der Waals surface area contributed by atoms with Gasteiger partial charge in [0.1, 0.15) is 5.76 Å². The number of carbonyl (C=O) groups excluding carboxylic acids is 1. The minimum Gasteiger partial charge on any atom is -0.469 e. The molecule has 1 aromatic rings. The van der Waals surface area contributed by atoms with E-state index in [0.717, 1.165) is 12.3 Å². The average molecular weight is 274 g/mol. The van der Waals surface area contributed by atoms with Crippen molar-refractivity contribution in [1.29, 1.82) is 0 Å². The molecule has 2 rings (SSSR count). The number of ether oxygens (including phenoxy) is 1. The number of halogens is 1. The Labute approximate surface area is 96.1 Å². The van der Waals surface area contributed by atoms with Gasteiger partial charge in [-0.25, -0.2) is 0 Å². The zero-order chi connectivity index (χ0) is 10.8. The molecule has 0 saturated carbocycles. The highest BCUT2D eigenvalue weighted by Crippen LogP contribution is 2.31. The first-order valence-corrected chi connectivity index (χ1v) is 5.55. The highest BCUT2D eigenvalue weighted by Gasteiger charge is 2.36. The van der Waals surface area contributed by atoms with E-state index in [-0.39, 0.29) is 17.8 Å². The Morgan fingerprint density at radius 1 is 1.60 bits per heavy atom. The molecule has 82 valence electrons. The Hall–Kier alpha value is -0.810. The van der Waals surface area contributed by atoms with Crippen LogP contribution in [0, 0.1) is 5.92 Å². The molecule has 2 atom stereocenters. The Balaban J connectivity index is 2.18. The lowest BCUT2D eigenvalue weighted by atomic mass is 9.94. The van der Waals surface area contributed by atoms with Gasteiger partial charge in [-0.05, 0) is 28.1 Å². The number of methoxy groups -OCH3 is 1. The fourth-order valence-corrected chi connectivity index (χ4v) is 2.22. The van der Waals surface area contributed by atoms with E-state index in [2.05, 4.69) is 21.2 Å². The van der Waals surface area contributed by atoms with Gasteiger partial charge >= 0.3 is 5.97 Å². The van der Waals surface area contributed by atoms with Crippen LogP contribution in [0.25, 0.3) is 0 Å². The third kappa shape index (κ3) is 2.08. The van der Waals surface area contributed by atoms with Gasteiger partial charge in [-0.1, -0.05) is 0 Å². The second-order valence-corrected chi connectivity index (χ2v) is 4.32. The third-order valence-electron chi connectivity index (χ3n) is 2.68. The third-order valence-corrected chi connectivity index (χ3v) is 3.10. The lowest BCUT2D eigenvalue weighted by molar-refractivity contribution is -0.145. The van der Waals surface area contributed by atoms with Crippen LogP contribution in [0.3, 0.4) is 0 Å². The van der Waals surface area contributed by atoms with Crippen molar-refractivity contribution in [2.75, 3.05) is 20.2 Å². The van der Waals surface area contributed by atoms with Crippen molar-refractivity contribution < 1.29 is 13.9 Å². The molecule has 15 heavy (non-hydrogen) atoms. The van der Waals surface area contributed by atoms with E-state index in [1.807, 2.05) is 12.1 Å². The predicted octanol–water partition coefficient (Wildman–Crippen LogP) is 1.52. The van der Waals surface area contributed by atoms with Gasteiger partial charge in [-0.15, -0.1) is 0 Å². The molecule has 2 unspecified atom stereocenters. The fourth-order valence-electron chi connectivity index (χ4n) is 1.90. The average Bonchev–Trinajstić information content (AvgIpc) is 2.84. The Morgan fingerprint density at radius 3 is 3.00 bits per heavy atom. The summed E-state index contributed by atoms with van der Waals surface area (Å²) in [7, 11) is 1.41. The van der Waals surface area contributed by atoms with Crippen molar-refractivity contribution in [1.82, 2.24) is 5.32 Å². The summed E-state index contributed by atoms with van der Waals surface area (Å²) in [5.74, 6) is 0.566. The van der Waals surface area contributed by atoms with Crippen molar-refractivity contribution in [2.45, 2.75) is 5.92 Å². The molecule has 1 aliphatic heterocycles. The molecule has 1 fully saturated rings. The molecule has 0 radical (unpaired) electrons. The van der Waals surface area contributed by atoms with E-state index in [1.165, 1.54) is 7.11 Å². The van der Waals surface area contributed by atoms with Crippen molar-refractivity contribution in [3.8, 4) is 0 Å². The summed E-state index contributed by atoms with van der Waals surface area (Å²) in [6.45, 7) is 1.40. The normalized spacial score (nSPS) is 25.5. The summed E-state index contributed by atoms with van der Waals surface area (Å²) in [4.78, 5) is 11.5. The second-order valence-electron chi connectivity index (χ2n) is 3.54. The molecule has 1 N–H and O–H groups in total. The number of carbonyl (C=O) groups is 1. The Bertz CT molecular complexity index is 363. The van der Waals surface area contributed by atoms with Crippen LogP contribution in [0.4, 0.5) is 0 Å². The van der Waals surface area contributed by atoms with Crippen LogP contribution in [0.5, 0.6) is 0 Å². The van der Waals surface area contributed by atoms with E-state index >= 15 is 0 Å². The van der Waals surface area contributed by atoms with Crippen LogP contribution in [0.2, 0.25) is 0 Å². The molecule has 2 heterocycles. The Kier molecular flexibility index (Phi) is 3.11. The van der Waals surface area contributed by atoms with Crippen molar-refractivity contribution in [3.05, 3.63) is 22.6 Å². The minimum absolute atomic E-state index is 0.0729. The summed E-state index contributed by atoms with van der Waals surface area (Å²) in [6.07, 6.45) is 0. The number of hydrogen-bond acceptors (Lipinski definition) is 4. The molecule has 1 aliphatic rings. The summed E-state index contributed by atoms with van der Waals surface area (Å²) >= 11 is 3.25. The molecule has 0 spiro atoms. The SMILES string of the molecule is COC(=O)C1CNCC1c1ccc(Br)o1. The van der Waals surface area contributed by atoms with Gasteiger partial charge in [0, 0.05) is 19.0 Å². The first kappa shape index (κ1) is 10.7. The van der Waals surface area contributed by atoms with Gasteiger partial charge in [0.15, 0.2) is 4.67 Å². The van der Waals surface area contributed by atoms with Crippen LogP contribution >= 0.6 is 15.9 Å². The van der Waals surface area contributed by atoms with Gasteiger partial charge in [0.2, 0.25) is 0 Å². The highest BCUT2D eigenvalue weighted by molar-refractivity contribution is 9.10. The quantitative estimate of drug-likeness (QED) is 0.831. The minimum atomic E-state index is -0.183. The van der Waals surface area contributed by atoms with E-state index in [9.17, 15) is 4.79 Å². The fraction of sp³-hybridized carbons (Fsp3) is 0.500. The first-order chi connectivity index (χ1) is 7.22. The van der Waals surface area contributed by atoms with Crippen LogP contribution < -0.4 is 5.32 Å². The van der Waals surface area contributed by atoms with E-state index < -0.39 is 0 Å². The molecule has 4 nitrogen and oxygen atoms in total. The number of hydrogen-bond donors (Lipinski definition) is 1. The molecule has 5 heteroatoms.